The summed E-state index contributed by atoms with van der Waals surface area (Å²) in [6.45, 7) is 3.91. The van der Waals surface area contributed by atoms with Gasteiger partial charge in [0.1, 0.15) is 0 Å². The minimum Gasteiger partial charge on any atom is -0.356 e. The van der Waals surface area contributed by atoms with Gasteiger partial charge in [-0.25, -0.2) is 0 Å². The molecule has 116 valence electrons. The lowest BCUT2D eigenvalue weighted by atomic mass is 9.96. The van der Waals surface area contributed by atoms with E-state index in [-0.39, 0.29) is 17.7 Å². The molecule has 1 aliphatic rings. The first-order chi connectivity index (χ1) is 10.2. The summed E-state index contributed by atoms with van der Waals surface area (Å²) in [5.74, 6) is 0.774. The molecule has 0 bridgehead atoms. The lowest BCUT2D eigenvalue weighted by molar-refractivity contribution is -0.138. The van der Waals surface area contributed by atoms with Crippen molar-refractivity contribution in [1.29, 1.82) is 0 Å². The first-order valence-corrected chi connectivity index (χ1v) is 7.48. The van der Waals surface area contributed by atoms with Crippen LogP contribution in [0.4, 0.5) is 0 Å². The summed E-state index contributed by atoms with van der Waals surface area (Å²) in [6.07, 6.45) is 3.50. The normalized spacial score (nSPS) is 18.8. The van der Waals surface area contributed by atoms with Crippen molar-refractivity contribution in [1.82, 2.24) is 30.8 Å². The van der Waals surface area contributed by atoms with E-state index in [0.717, 1.165) is 19.4 Å². The number of carbonyl (C=O) groups excluding carboxylic acids is 2. The maximum absolute atomic E-state index is 12.1. The highest BCUT2D eigenvalue weighted by Gasteiger charge is 2.29. The van der Waals surface area contributed by atoms with Crippen molar-refractivity contribution >= 4 is 11.8 Å². The number of aromatic nitrogens is 4. The SMILES string of the molecule is CCCN1C[C@H](C(=O)NCCCc2nn[nH]n2)CCC1=O. The monoisotopic (exact) mass is 294 g/mol. The third kappa shape index (κ3) is 4.51. The van der Waals surface area contributed by atoms with E-state index in [1.165, 1.54) is 0 Å². The molecule has 1 atom stereocenters. The van der Waals surface area contributed by atoms with Crippen molar-refractivity contribution in [3.8, 4) is 0 Å². The number of hydrogen-bond donors (Lipinski definition) is 2. The van der Waals surface area contributed by atoms with Crippen LogP contribution in [0.15, 0.2) is 0 Å². The predicted octanol–water partition coefficient (Wildman–Crippen LogP) is -0.103. The maximum atomic E-state index is 12.1. The van der Waals surface area contributed by atoms with Crippen LogP contribution >= 0.6 is 0 Å². The summed E-state index contributed by atoms with van der Waals surface area (Å²) >= 11 is 0. The fourth-order valence-electron chi connectivity index (χ4n) is 2.51. The minimum absolute atomic E-state index is 0.0386. The molecule has 21 heavy (non-hydrogen) atoms. The van der Waals surface area contributed by atoms with E-state index in [1.54, 1.807) is 4.90 Å². The number of nitrogens with one attached hydrogen (secondary N) is 2. The number of carbonyl (C=O) groups is 2. The minimum atomic E-state index is -0.0839. The van der Waals surface area contributed by atoms with E-state index in [2.05, 4.69) is 25.9 Å². The van der Waals surface area contributed by atoms with Crippen LogP contribution < -0.4 is 5.32 Å². The van der Waals surface area contributed by atoms with Gasteiger partial charge in [0.15, 0.2) is 5.82 Å². The number of amides is 2. The molecule has 8 heteroatoms. The van der Waals surface area contributed by atoms with Gasteiger partial charge >= 0.3 is 0 Å². The summed E-state index contributed by atoms with van der Waals surface area (Å²) in [5.41, 5.74) is 0. The number of hydrogen-bond acceptors (Lipinski definition) is 5. The smallest absolute Gasteiger partial charge is 0.224 e. The van der Waals surface area contributed by atoms with Crippen LogP contribution in [0.2, 0.25) is 0 Å². The van der Waals surface area contributed by atoms with Crippen molar-refractivity contribution in [2.45, 2.75) is 39.0 Å². The molecular formula is C13H22N6O2. The molecule has 0 aromatic carbocycles. The van der Waals surface area contributed by atoms with Gasteiger partial charge < -0.3 is 10.2 Å². The highest BCUT2D eigenvalue weighted by Crippen LogP contribution is 2.18. The number of tetrazole rings is 1. The molecule has 0 spiro atoms. The summed E-state index contributed by atoms with van der Waals surface area (Å²) < 4.78 is 0. The Kier molecular flexibility index (Phi) is 5.65. The molecule has 1 aromatic heterocycles. The molecule has 2 amide bonds. The van der Waals surface area contributed by atoms with Crippen molar-refractivity contribution in [3.05, 3.63) is 5.82 Å². The van der Waals surface area contributed by atoms with E-state index in [4.69, 9.17) is 0 Å². The number of aryl methyl sites for hydroxylation is 1. The van der Waals surface area contributed by atoms with Gasteiger partial charge in [0.2, 0.25) is 11.8 Å². The van der Waals surface area contributed by atoms with Crippen LogP contribution in [0.5, 0.6) is 0 Å². The highest BCUT2D eigenvalue weighted by atomic mass is 16.2. The molecule has 0 saturated carbocycles. The summed E-state index contributed by atoms with van der Waals surface area (Å²) in [5, 5.41) is 16.5. The zero-order valence-corrected chi connectivity index (χ0v) is 12.3. The third-order valence-electron chi connectivity index (χ3n) is 3.63. The van der Waals surface area contributed by atoms with Crippen LogP contribution in [0.3, 0.4) is 0 Å². The van der Waals surface area contributed by atoms with Crippen LogP contribution in [-0.4, -0.2) is 57.0 Å². The fraction of sp³-hybridized carbons (Fsp3) is 0.769. The van der Waals surface area contributed by atoms with E-state index < -0.39 is 0 Å². The molecule has 8 nitrogen and oxygen atoms in total. The second-order valence-corrected chi connectivity index (χ2v) is 5.30. The molecule has 1 aromatic rings. The Morgan fingerprint density at radius 2 is 2.38 bits per heavy atom. The van der Waals surface area contributed by atoms with Gasteiger partial charge in [-0.1, -0.05) is 12.1 Å². The molecule has 0 aliphatic carbocycles. The van der Waals surface area contributed by atoms with Crippen molar-refractivity contribution in [2.24, 2.45) is 5.92 Å². The molecule has 0 unspecified atom stereocenters. The third-order valence-corrected chi connectivity index (χ3v) is 3.63. The fourth-order valence-corrected chi connectivity index (χ4v) is 2.51. The highest BCUT2D eigenvalue weighted by molar-refractivity contribution is 5.83. The summed E-state index contributed by atoms with van der Waals surface area (Å²) in [6, 6.07) is 0. The van der Waals surface area contributed by atoms with Crippen molar-refractivity contribution in [2.75, 3.05) is 19.6 Å². The van der Waals surface area contributed by atoms with Gasteiger partial charge in [-0.3, -0.25) is 9.59 Å². The van der Waals surface area contributed by atoms with E-state index >= 15 is 0 Å². The molecule has 1 fully saturated rings. The van der Waals surface area contributed by atoms with Crippen LogP contribution in [0.1, 0.15) is 38.4 Å². The zero-order valence-electron chi connectivity index (χ0n) is 12.3. The maximum Gasteiger partial charge on any atom is 0.224 e. The largest absolute Gasteiger partial charge is 0.356 e. The second kappa shape index (κ2) is 7.70. The van der Waals surface area contributed by atoms with Crippen LogP contribution in [-0.2, 0) is 16.0 Å². The quantitative estimate of drug-likeness (QED) is 0.683. The van der Waals surface area contributed by atoms with Crippen LogP contribution in [0.25, 0.3) is 0 Å². The Balaban J connectivity index is 1.69. The molecule has 2 rings (SSSR count). The number of nitrogens with zero attached hydrogens (tertiary/aromatic N) is 4. The number of rotatable bonds is 7. The van der Waals surface area contributed by atoms with Gasteiger partial charge in [0.05, 0.1) is 5.92 Å². The number of aromatic amines is 1. The molecule has 1 saturated heterocycles. The Morgan fingerprint density at radius 3 is 3.10 bits per heavy atom. The average molecular weight is 294 g/mol. The Labute approximate surface area is 123 Å². The Bertz CT molecular complexity index is 461. The molecular weight excluding hydrogens is 272 g/mol. The topological polar surface area (TPSA) is 104 Å². The molecule has 2 N–H and O–H groups in total. The lowest BCUT2D eigenvalue weighted by Gasteiger charge is -2.31. The number of likely N-dealkylation sites (tertiary alicyclic amines) is 1. The average Bonchev–Trinajstić information content (AvgIpc) is 2.99. The predicted molar refractivity (Wildman–Crippen MR) is 75.1 cm³/mol. The lowest BCUT2D eigenvalue weighted by Crippen LogP contribution is -2.46. The Hall–Kier alpha value is -1.99. The summed E-state index contributed by atoms with van der Waals surface area (Å²) in [7, 11) is 0. The zero-order chi connectivity index (χ0) is 15.1. The second-order valence-electron chi connectivity index (χ2n) is 5.30. The number of H-pyrrole nitrogens is 1. The van der Waals surface area contributed by atoms with Gasteiger partial charge in [0.25, 0.3) is 0 Å². The molecule has 1 aliphatic heterocycles. The summed E-state index contributed by atoms with van der Waals surface area (Å²) in [4.78, 5) is 25.6. The van der Waals surface area contributed by atoms with Crippen LogP contribution in [0, 0.1) is 5.92 Å². The van der Waals surface area contributed by atoms with Gasteiger partial charge in [-0.15, -0.1) is 10.2 Å². The first kappa shape index (κ1) is 15.4. The van der Waals surface area contributed by atoms with Gasteiger partial charge in [-0.05, 0) is 19.3 Å². The first-order valence-electron chi connectivity index (χ1n) is 7.48. The number of piperidine rings is 1. The van der Waals surface area contributed by atoms with Gasteiger partial charge in [0, 0.05) is 32.5 Å². The van der Waals surface area contributed by atoms with Crippen molar-refractivity contribution in [3.63, 3.8) is 0 Å². The Morgan fingerprint density at radius 1 is 1.52 bits per heavy atom. The van der Waals surface area contributed by atoms with E-state index in [9.17, 15) is 9.59 Å². The van der Waals surface area contributed by atoms with E-state index in [0.29, 0.717) is 38.2 Å². The molecule has 0 radical (unpaired) electrons. The van der Waals surface area contributed by atoms with Crippen molar-refractivity contribution < 1.29 is 9.59 Å². The van der Waals surface area contributed by atoms with E-state index in [1.807, 2.05) is 6.92 Å². The standard InChI is InChI=1S/C13H22N6O2/c1-2-8-19-9-10(5-6-12(19)20)13(21)14-7-3-4-11-15-17-18-16-11/h10H,2-9H2,1H3,(H,14,21)(H,15,16,17,18)/t10-/m1/s1. The van der Waals surface area contributed by atoms with Gasteiger partial charge in [-0.2, -0.15) is 5.21 Å². The molecule has 2 heterocycles.